The summed E-state index contributed by atoms with van der Waals surface area (Å²) in [6.07, 6.45) is -0.976. The first kappa shape index (κ1) is 17.8. The average Bonchev–Trinajstić information content (AvgIpc) is 3.25. The Morgan fingerprint density at radius 2 is 2.00 bits per heavy atom. The topological polar surface area (TPSA) is 63.9 Å². The Labute approximate surface area is 164 Å². The molecule has 0 unspecified atom stereocenters. The second-order valence-corrected chi connectivity index (χ2v) is 7.42. The summed E-state index contributed by atoms with van der Waals surface area (Å²) >= 11 is 0. The van der Waals surface area contributed by atoms with Crippen LogP contribution in [0.4, 0.5) is 18.9 Å². The molecule has 5 rings (SSSR count). The maximum Gasteiger partial charge on any atom is 0.433 e. The van der Waals surface area contributed by atoms with Gasteiger partial charge < -0.3 is 9.47 Å². The Bertz CT molecular complexity index is 1120. The number of nitrogens with zero attached hydrogens (tertiary/aromatic N) is 5. The standard InChI is InChI=1S/C20H16F3N5O/c1-27-10-25-26-18(27)15-8-14(15)11-3-2-4-12(7-11)28-9-16-13(19(28)29)5-6-24-17(16)20(21,22)23/h2-7,10,14-15H,8-9H2,1H3/t14-,15-/m1/s1. The second-order valence-electron chi connectivity index (χ2n) is 7.42. The Morgan fingerprint density at radius 1 is 1.17 bits per heavy atom. The quantitative estimate of drug-likeness (QED) is 0.674. The maximum absolute atomic E-state index is 13.3. The number of halogens is 3. The molecule has 0 spiro atoms. The summed E-state index contributed by atoms with van der Waals surface area (Å²) in [4.78, 5) is 17.6. The third-order valence-electron chi connectivity index (χ3n) is 5.59. The van der Waals surface area contributed by atoms with Crippen LogP contribution < -0.4 is 4.90 Å². The van der Waals surface area contributed by atoms with Crippen LogP contribution in [0.25, 0.3) is 0 Å². The molecule has 2 atom stereocenters. The number of pyridine rings is 1. The highest BCUT2D eigenvalue weighted by Gasteiger charge is 2.44. The summed E-state index contributed by atoms with van der Waals surface area (Å²) < 4.78 is 41.7. The van der Waals surface area contributed by atoms with Crippen molar-refractivity contribution in [3.05, 3.63) is 71.1 Å². The number of amides is 1. The fourth-order valence-electron chi connectivity index (χ4n) is 4.08. The van der Waals surface area contributed by atoms with Gasteiger partial charge in [-0.25, -0.2) is 0 Å². The van der Waals surface area contributed by atoms with Crippen molar-refractivity contribution in [2.24, 2.45) is 7.05 Å². The molecule has 0 saturated heterocycles. The summed E-state index contributed by atoms with van der Waals surface area (Å²) in [6.45, 7) is -0.141. The molecule has 3 aromatic rings. The van der Waals surface area contributed by atoms with E-state index in [9.17, 15) is 18.0 Å². The van der Waals surface area contributed by atoms with Gasteiger partial charge in [-0.15, -0.1) is 10.2 Å². The van der Waals surface area contributed by atoms with Crippen molar-refractivity contribution in [2.75, 3.05) is 4.90 Å². The van der Waals surface area contributed by atoms with Gasteiger partial charge in [0.1, 0.15) is 17.8 Å². The number of aromatic nitrogens is 4. The number of carbonyl (C=O) groups is 1. The molecule has 6 nitrogen and oxygen atoms in total. The van der Waals surface area contributed by atoms with E-state index < -0.39 is 17.8 Å². The van der Waals surface area contributed by atoms with Gasteiger partial charge in [0.05, 0.1) is 6.54 Å². The highest BCUT2D eigenvalue weighted by atomic mass is 19.4. The van der Waals surface area contributed by atoms with E-state index in [0.29, 0.717) is 5.69 Å². The van der Waals surface area contributed by atoms with Gasteiger partial charge in [0.2, 0.25) is 0 Å². The number of anilines is 1. The van der Waals surface area contributed by atoms with Crippen molar-refractivity contribution in [3.63, 3.8) is 0 Å². The predicted octanol–water partition coefficient (Wildman–Crippen LogP) is 3.66. The van der Waals surface area contributed by atoms with Crippen LogP contribution in [-0.4, -0.2) is 25.7 Å². The van der Waals surface area contributed by atoms with E-state index in [1.807, 2.05) is 29.8 Å². The highest BCUT2D eigenvalue weighted by molar-refractivity contribution is 6.10. The van der Waals surface area contributed by atoms with E-state index in [1.54, 1.807) is 12.4 Å². The van der Waals surface area contributed by atoms with Crippen molar-refractivity contribution in [1.82, 2.24) is 19.7 Å². The minimum atomic E-state index is -4.60. The number of rotatable bonds is 3. The first-order valence-corrected chi connectivity index (χ1v) is 9.15. The van der Waals surface area contributed by atoms with Crippen LogP contribution in [0.1, 0.15) is 51.3 Å². The van der Waals surface area contributed by atoms with E-state index >= 15 is 0 Å². The van der Waals surface area contributed by atoms with Crippen LogP contribution in [-0.2, 0) is 19.8 Å². The van der Waals surface area contributed by atoms with Crippen LogP contribution in [0.15, 0.2) is 42.9 Å². The van der Waals surface area contributed by atoms with Gasteiger partial charge >= 0.3 is 6.18 Å². The van der Waals surface area contributed by atoms with Gasteiger partial charge in [-0.3, -0.25) is 9.78 Å². The van der Waals surface area contributed by atoms with Gasteiger partial charge in [0, 0.05) is 36.0 Å². The summed E-state index contributed by atoms with van der Waals surface area (Å²) in [5.41, 5.74) is 0.611. The summed E-state index contributed by atoms with van der Waals surface area (Å²) in [5, 5.41) is 8.08. The van der Waals surface area contributed by atoms with Crippen molar-refractivity contribution >= 4 is 11.6 Å². The maximum atomic E-state index is 13.3. The van der Waals surface area contributed by atoms with Gasteiger partial charge in [-0.05, 0) is 36.1 Å². The molecule has 1 amide bonds. The lowest BCUT2D eigenvalue weighted by Gasteiger charge is -2.17. The molecule has 3 heterocycles. The van der Waals surface area contributed by atoms with Crippen molar-refractivity contribution < 1.29 is 18.0 Å². The molecule has 0 bridgehead atoms. The van der Waals surface area contributed by atoms with Crippen molar-refractivity contribution in [3.8, 4) is 0 Å². The fraction of sp³-hybridized carbons (Fsp3) is 0.300. The number of fused-ring (bicyclic) bond motifs is 1. The molecule has 0 N–H and O–H groups in total. The number of hydrogen-bond acceptors (Lipinski definition) is 4. The Balaban J connectivity index is 1.44. The van der Waals surface area contributed by atoms with Gasteiger partial charge in [0.15, 0.2) is 0 Å². The molecule has 9 heteroatoms. The lowest BCUT2D eigenvalue weighted by Crippen LogP contribution is -2.23. The van der Waals surface area contributed by atoms with E-state index in [2.05, 4.69) is 15.2 Å². The molecule has 0 radical (unpaired) electrons. The molecule has 2 aliphatic rings. The lowest BCUT2D eigenvalue weighted by molar-refractivity contribution is -0.141. The lowest BCUT2D eigenvalue weighted by atomic mass is 10.1. The van der Waals surface area contributed by atoms with Crippen LogP contribution >= 0.6 is 0 Å². The molecule has 1 aliphatic heterocycles. The summed E-state index contributed by atoms with van der Waals surface area (Å²) in [5.74, 6) is 0.979. The molecule has 29 heavy (non-hydrogen) atoms. The van der Waals surface area contributed by atoms with Gasteiger partial charge in [-0.1, -0.05) is 12.1 Å². The number of hydrogen-bond donors (Lipinski definition) is 0. The predicted molar refractivity (Wildman–Crippen MR) is 97.3 cm³/mol. The third-order valence-corrected chi connectivity index (χ3v) is 5.59. The SMILES string of the molecule is Cn1cnnc1[C@@H]1C[C@@H]1c1cccc(N2Cc3c(ccnc3C(F)(F)F)C2=O)c1. The third kappa shape index (κ3) is 2.88. The zero-order chi connectivity index (χ0) is 20.3. The van der Waals surface area contributed by atoms with E-state index in [1.165, 1.54) is 11.0 Å². The fourth-order valence-corrected chi connectivity index (χ4v) is 4.08. The first-order chi connectivity index (χ1) is 13.8. The van der Waals surface area contributed by atoms with Gasteiger partial charge in [0.25, 0.3) is 5.91 Å². The highest BCUT2D eigenvalue weighted by Crippen LogP contribution is 2.54. The molecule has 1 aliphatic carbocycles. The van der Waals surface area contributed by atoms with E-state index in [-0.39, 0.29) is 29.5 Å². The van der Waals surface area contributed by atoms with Crippen molar-refractivity contribution in [2.45, 2.75) is 31.0 Å². The Hall–Kier alpha value is -3.23. The molecule has 1 fully saturated rings. The van der Waals surface area contributed by atoms with Crippen LogP contribution in [0.2, 0.25) is 0 Å². The molecular formula is C20H16F3N5O. The smallest absolute Gasteiger partial charge is 0.320 e. The molecule has 2 aromatic heterocycles. The van der Waals surface area contributed by atoms with E-state index in [0.717, 1.165) is 24.0 Å². The number of benzene rings is 1. The van der Waals surface area contributed by atoms with Crippen LogP contribution in [0.3, 0.4) is 0 Å². The van der Waals surface area contributed by atoms with Gasteiger partial charge in [-0.2, -0.15) is 13.2 Å². The average molecular weight is 399 g/mol. The molecule has 148 valence electrons. The number of aryl methyl sites for hydroxylation is 1. The number of alkyl halides is 3. The van der Waals surface area contributed by atoms with Crippen LogP contribution in [0.5, 0.6) is 0 Å². The first-order valence-electron chi connectivity index (χ1n) is 9.15. The summed E-state index contributed by atoms with van der Waals surface area (Å²) in [7, 11) is 1.90. The van der Waals surface area contributed by atoms with Crippen molar-refractivity contribution in [1.29, 1.82) is 0 Å². The number of carbonyl (C=O) groups excluding carboxylic acids is 1. The molecule has 1 aromatic carbocycles. The zero-order valence-corrected chi connectivity index (χ0v) is 15.4. The Kier molecular flexibility index (Phi) is 3.77. The minimum absolute atomic E-state index is 0.0566. The zero-order valence-electron chi connectivity index (χ0n) is 15.4. The van der Waals surface area contributed by atoms with Crippen LogP contribution in [0, 0.1) is 0 Å². The molecule has 1 saturated carbocycles. The Morgan fingerprint density at radius 3 is 2.72 bits per heavy atom. The monoisotopic (exact) mass is 399 g/mol. The largest absolute Gasteiger partial charge is 0.433 e. The van der Waals surface area contributed by atoms with E-state index in [4.69, 9.17) is 0 Å². The summed E-state index contributed by atoms with van der Waals surface area (Å²) in [6, 6.07) is 8.78. The normalized spacial score (nSPS) is 20.8. The molecular weight excluding hydrogens is 383 g/mol. The second kappa shape index (κ2) is 6.13. The minimum Gasteiger partial charge on any atom is -0.320 e.